The number of hydrogen-bond acceptors (Lipinski definition) is 1. The van der Waals surface area contributed by atoms with Crippen LogP contribution in [0, 0.1) is 0 Å². The molecule has 0 bridgehead atoms. The SMILES string of the molecule is C=C(/C=C(\N=C(N)n1c2ccccc2c2c(-c3ccc4c(c3)c3ccccc3n4C3=CCCC4=C3Cc3ccccc34)cccc21)c1ccccc1)c1ccccc1. The Balaban J connectivity index is 1.07. The van der Waals surface area contributed by atoms with Crippen molar-refractivity contribution in [2.24, 2.45) is 10.7 Å². The lowest BCUT2D eigenvalue weighted by atomic mass is 9.94. The van der Waals surface area contributed by atoms with Crippen LogP contribution in [0.25, 0.3) is 77.3 Å². The number of rotatable bonds is 6. The summed E-state index contributed by atoms with van der Waals surface area (Å²) in [4.78, 5) is 5.16. The Labute approximate surface area is 337 Å². The number of hydrogen-bond donors (Lipinski definition) is 1. The molecular weight excluding hydrogens is 705 g/mol. The zero-order valence-corrected chi connectivity index (χ0v) is 32.1. The minimum atomic E-state index is 0.390. The fraction of sp³-hybridized carbons (Fsp3) is 0.0556. The van der Waals surface area contributed by atoms with Gasteiger partial charge >= 0.3 is 0 Å². The van der Waals surface area contributed by atoms with E-state index in [0.29, 0.717) is 5.96 Å². The second-order valence-electron chi connectivity index (χ2n) is 15.3. The summed E-state index contributed by atoms with van der Waals surface area (Å²) >= 11 is 0. The lowest BCUT2D eigenvalue weighted by Crippen LogP contribution is -2.22. The summed E-state index contributed by atoms with van der Waals surface area (Å²) in [6, 6.07) is 60.2. The Morgan fingerprint density at radius 1 is 0.586 bits per heavy atom. The number of allylic oxidation sites excluding steroid dienone is 6. The van der Waals surface area contributed by atoms with Gasteiger partial charge in [0, 0.05) is 39.2 Å². The smallest absolute Gasteiger partial charge is 0.205 e. The molecule has 9 aromatic rings. The first-order valence-electron chi connectivity index (χ1n) is 20.1. The van der Waals surface area contributed by atoms with E-state index in [2.05, 4.69) is 155 Å². The molecule has 2 aromatic heterocycles. The molecule has 58 heavy (non-hydrogen) atoms. The molecular formula is C54H40N4. The van der Waals surface area contributed by atoms with Gasteiger partial charge in [0.05, 0.1) is 27.8 Å². The van der Waals surface area contributed by atoms with Gasteiger partial charge in [-0.3, -0.25) is 4.57 Å². The highest BCUT2D eigenvalue weighted by molar-refractivity contribution is 6.20. The largest absolute Gasteiger partial charge is 0.369 e. The first-order chi connectivity index (χ1) is 28.6. The maximum Gasteiger partial charge on any atom is 0.205 e. The molecule has 2 aliphatic carbocycles. The number of benzene rings is 7. The fourth-order valence-corrected chi connectivity index (χ4v) is 9.43. The van der Waals surface area contributed by atoms with Crippen LogP contribution in [-0.4, -0.2) is 15.1 Å². The molecule has 2 heterocycles. The van der Waals surface area contributed by atoms with Crippen molar-refractivity contribution >= 4 is 72.1 Å². The number of aliphatic imine (C=N–C) groups is 1. The van der Waals surface area contributed by atoms with Crippen molar-refractivity contribution in [1.82, 2.24) is 9.13 Å². The lowest BCUT2D eigenvalue weighted by molar-refractivity contribution is 1.01. The number of nitrogens with two attached hydrogens (primary N) is 1. The predicted octanol–water partition coefficient (Wildman–Crippen LogP) is 13.1. The minimum absolute atomic E-state index is 0.390. The number of fused-ring (bicyclic) bond motifs is 8. The van der Waals surface area contributed by atoms with Gasteiger partial charge in [-0.05, 0) is 93.8 Å². The first-order valence-corrected chi connectivity index (χ1v) is 20.1. The van der Waals surface area contributed by atoms with Crippen molar-refractivity contribution in [3.63, 3.8) is 0 Å². The Bertz CT molecular complexity index is 3260. The van der Waals surface area contributed by atoms with Crippen molar-refractivity contribution < 1.29 is 0 Å². The topological polar surface area (TPSA) is 48.2 Å². The standard InChI is InChI=1S/C54H40N4/c1-35(36-16-4-2-5-17-36)32-47(37-18-6-3-7-19-37)56-54(55)58-49-27-13-11-23-44(49)53-41(24-14-29-52(53)58)39-30-31-51-46(34-39)43-22-10-12-26-48(43)57(51)50-28-15-25-42-40-21-9-8-20-38(40)33-45(42)50/h2-14,16-24,26-32,34H,1,15,25,33H2,(H2,55,56)/b47-32-. The van der Waals surface area contributed by atoms with Crippen molar-refractivity contribution in [2.45, 2.75) is 19.3 Å². The summed E-state index contributed by atoms with van der Waals surface area (Å²) in [5, 5.41) is 4.77. The van der Waals surface area contributed by atoms with Gasteiger partial charge in [-0.1, -0.05) is 152 Å². The van der Waals surface area contributed by atoms with E-state index in [4.69, 9.17) is 10.7 Å². The summed E-state index contributed by atoms with van der Waals surface area (Å²) in [5.74, 6) is 0.390. The van der Waals surface area contributed by atoms with E-state index in [0.717, 1.165) is 74.6 Å². The van der Waals surface area contributed by atoms with Crippen LogP contribution in [0.3, 0.4) is 0 Å². The van der Waals surface area contributed by atoms with E-state index in [1.54, 1.807) is 0 Å². The molecule has 276 valence electrons. The van der Waals surface area contributed by atoms with E-state index >= 15 is 0 Å². The van der Waals surface area contributed by atoms with Gasteiger partial charge in [0.1, 0.15) is 0 Å². The molecule has 0 aliphatic heterocycles. The fourth-order valence-electron chi connectivity index (χ4n) is 9.43. The molecule has 0 amide bonds. The van der Waals surface area contributed by atoms with Gasteiger partial charge in [0.25, 0.3) is 0 Å². The quantitative estimate of drug-likeness (QED) is 0.103. The molecule has 0 saturated heterocycles. The van der Waals surface area contributed by atoms with Crippen LogP contribution in [0.2, 0.25) is 0 Å². The highest BCUT2D eigenvalue weighted by atomic mass is 15.2. The van der Waals surface area contributed by atoms with Gasteiger partial charge in [-0.2, -0.15) is 0 Å². The third-order valence-corrected chi connectivity index (χ3v) is 12.0. The summed E-state index contributed by atoms with van der Waals surface area (Å²) in [6.45, 7) is 4.40. The molecule has 4 heteroatoms. The van der Waals surface area contributed by atoms with Crippen LogP contribution < -0.4 is 5.73 Å². The van der Waals surface area contributed by atoms with Crippen molar-refractivity contribution in [3.05, 3.63) is 216 Å². The van der Waals surface area contributed by atoms with E-state index in [9.17, 15) is 0 Å². The third kappa shape index (κ3) is 5.41. The molecule has 0 fully saturated rings. The van der Waals surface area contributed by atoms with Crippen LogP contribution >= 0.6 is 0 Å². The Morgan fingerprint density at radius 3 is 2.07 bits per heavy atom. The summed E-state index contributed by atoms with van der Waals surface area (Å²) in [6.07, 6.45) is 7.59. The van der Waals surface area contributed by atoms with Crippen molar-refractivity contribution in [3.8, 4) is 11.1 Å². The van der Waals surface area contributed by atoms with E-state index in [1.807, 2.05) is 42.5 Å². The number of nitrogens with zero attached hydrogens (tertiary/aromatic N) is 3. The van der Waals surface area contributed by atoms with E-state index < -0.39 is 0 Å². The number of aromatic nitrogens is 2. The Hall–Kier alpha value is -7.43. The van der Waals surface area contributed by atoms with Crippen molar-refractivity contribution in [2.75, 3.05) is 0 Å². The average Bonchev–Trinajstić information content (AvgIpc) is 3.94. The summed E-state index contributed by atoms with van der Waals surface area (Å²) in [7, 11) is 0. The van der Waals surface area contributed by atoms with Crippen LogP contribution in [0.5, 0.6) is 0 Å². The minimum Gasteiger partial charge on any atom is -0.369 e. The molecule has 0 saturated carbocycles. The van der Waals surface area contributed by atoms with Crippen LogP contribution in [0.4, 0.5) is 0 Å². The Kier molecular flexibility index (Phi) is 7.97. The first kappa shape index (κ1) is 33.9. The molecule has 11 rings (SSSR count). The van der Waals surface area contributed by atoms with Crippen LogP contribution in [0.15, 0.2) is 199 Å². The maximum absolute atomic E-state index is 7.12. The lowest BCUT2D eigenvalue weighted by Gasteiger charge is -2.20. The highest BCUT2D eigenvalue weighted by Crippen LogP contribution is 2.46. The molecule has 0 unspecified atom stereocenters. The second kappa shape index (κ2) is 13.6. The molecule has 0 atom stereocenters. The number of para-hydroxylation sites is 2. The molecule has 2 N–H and O–H groups in total. The molecule has 7 aromatic carbocycles. The third-order valence-electron chi connectivity index (χ3n) is 12.0. The molecule has 2 aliphatic rings. The van der Waals surface area contributed by atoms with Crippen molar-refractivity contribution in [1.29, 1.82) is 0 Å². The average molecular weight is 745 g/mol. The summed E-state index contributed by atoms with van der Waals surface area (Å²) < 4.78 is 4.61. The predicted molar refractivity (Wildman–Crippen MR) is 245 cm³/mol. The molecule has 0 spiro atoms. The normalized spacial score (nSPS) is 14.4. The second-order valence-corrected chi connectivity index (χ2v) is 15.3. The zero-order valence-electron chi connectivity index (χ0n) is 32.1. The molecule has 4 nitrogen and oxygen atoms in total. The summed E-state index contributed by atoms with van der Waals surface area (Å²) in [5.41, 5.74) is 24.7. The zero-order chi connectivity index (χ0) is 38.7. The highest BCUT2D eigenvalue weighted by Gasteiger charge is 2.28. The van der Waals surface area contributed by atoms with E-state index in [-0.39, 0.29) is 0 Å². The maximum atomic E-state index is 7.12. The molecule has 0 radical (unpaired) electrons. The van der Waals surface area contributed by atoms with Gasteiger partial charge < -0.3 is 10.3 Å². The monoisotopic (exact) mass is 744 g/mol. The van der Waals surface area contributed by atoms with Crippen LogP contribution in [-0.2, 0) is 6.42 Å². The van der Waals surface area contributed by atoms with Gasteiger partial charge in [0.2, 0.25) is 5.96 Å². The van der Waals surface area contributed by atoms with E-state index in [1.165, 1.54) is 49.8 Å². The van der Waals surface area contributed by atoms with Gasteiger partial charge in [0.15, 0.2) is 0 Å². The van der Waals surface area contributed by atoms with Gasteiger partial charge in [-0.25, -0.2) is 4.99 Å². The van der Waals surface area contributed by atoms with Gasteiger partial charge in [-0.15, -0.1) is 0 Å². The van der Waals surface area contributed by atoms with Crippen LogP contribution in [0.1, 0.15) is 35.1 Å². The Morgan fingerprint density at radius 2 is 1.24 bits per heavy atom.